The molecule has 4 aromatic rings. The summed E-state index contributed by atoms with van der Waals surface area (Å²) in [5.74, 6) is -4.74. The van der Waals surface area contributed by atoms with Crippen molar-refractivity contribution in [3.8, 4) is 17.5 Å². The van der Waals surface area contributed by atoms with Gasteiger partial charge in [-0.05, 0) is 47.5 Å². The number of anilines is 1. The molecule has 9 nitrogen and oxygen atoms in total. The number of rotatable bonds is 8. The Morgan fingerprint density at radius 2 is 1.95 bits per heavy atom. The van der Waals surface area contributed by atoms with Crippen molar-refractivity contribution in [1.82, 2.24) is 14.8 Å². The van der Waals surface area contributed by atoms with E-state index in [0.29, 0.717) is 46.3 Å². The van der Waals surface area contributed by atoms with Crippen LogP contribution in [0.15, 0.2) is 47.0 Å². The third-order valence-electron chi connectivity index (χ3n) is 6.80. The highest BCUT2D eigenvalue weighted by Gasteiger charge is 2.47. The number of nitriles is 1. The van der Waals surface area contributed by atoms with Crippen molar-refractivity contribution in [3.63, 3.8) is 0 Å². The summed E-state index contributed by atoms with van der Waals surface area (Å²) < 4.78 is 75.3. The van der Waals surface area contributed by atoms with E-state index >= 15 is 8.78 Å². The van der Waals surface area contributed by atoms with Gasteiger partial charge < -0.3 is 19.6 Å². The molecule has 2 aromatic heterocycles. The molecule has 0 amide bonds. The Bertz CT molecular complexity index is 1700. The van der Waals surface area contributed by atoms with Gasteiger partial charge in [0.25, 0.3) is 5.92 Å². The highest BCUT2D eigenvalue weighted by atomic mass is 28.3. The molecule has 2 aromatic carbocycles. The number of ether oxygens (including phenoxy) is 1. The van der Waals surface area contributed by atoms with Gasteiger partial charge in [0, 0.05) is 39.1 Å². The molecule has 0 spiro atoms. The average molecular weight is 636 g/mol. The van der Waals surface area contributed by atoms with E-state index in [0.717, 1.165) is 16.9 Å². The molecule has 1 unspecified atom stereocenters. The fourth-order valence-corrected chi connectivity index (χ4v) is 5.35. The number of benzene rings is 2. The Hall–Kier alpha value is -4.29. The highest BCUT2D eigenvalue weighted by Crippen LogP contribution is 2.45. The van der Waals surface area contributed by atoms with Crippen molar-refractivity contribution < 1.29 is 41.0 Å². The molecule has 0 saturated carbocycles. The summed E-state index contributed by atoms with van der Waals surface area (Å²) in [7, 11) is -1.23. The van der Waals surface area contributed by atoms with Gasteiger partial charge in [-0.15, -0.1) is 0 Å². The summed E-state index contributed by atoms with van der Waals surface area (Å²) in [6, 6.07) is 12.0. The smallest absolute Gasteiger partial charge is 0.475 e. The van der Waals surface area contributed by atoms with Crippen molar-refractivity contribution >= 4 is 30.6 Å². The number of carboxylic acids is 1. The molecule has 0 radical (unpaired) electrons. The Labute approximate surface area is 250 Å². The normalized spacial score (nSPS) is 15.8. The molecule has 1 aliphatic rings. The first-order valence-corrected chi connectivity index (χ1v) is 17.2. The van der Waals surface area contributed by atoms with Crippen molar-refractivity contribution in [2.24, 2.45) is 0 Å². The number of hydrogen-bond acceptors (Lipinski definition) is 7. The van der Waals surface area contributed by atoms with E-state index in [-0.39, 0.29) is 6.73 Å². The van der Waals surface area contributed by atoms with E-state index in [1.54, 1.807) is 42.1 Å². The summed E-state index contributed by atoms with van der Waals surface area (Å²) in [4.78, 5) is 13.1. The number of carbonyl (C=O) groups is 1. The number of fused-ring (bicyclic) bond motifs is 2. The van der Waals surface area contributed by atoms with Crippen molar-refractivity contribution in [1.29, 1.82) is 5.26 Å². The largest absolute Gasteiger partial charge is 0.490 e. The Kier molecular flexibility index (Phi) is 9.17. The second kappa shape index (κ2) is 12.4. The zero-order chi connectivity index (χ0) is 32.4. The van der Waals surface area contributed by atoms with Gasteiger partial charge >= 0.3 is 12.1 Å². The zero-order valence-electron chi connectivity index (χ0n) is 24.3. The number of hydrogen-bond donors (Lipinski definition) is 2. The minimum Gasteiger partial charge on any atom is -0.475 e. The van der Waals surface area contributed by atoms with Crippen LogP contribution in [0, 0.1) is 18.3 Å². The zero-order valence-corrected chi connectivity index (χ0v) is 25.3. The number of aromatic nitrogens is 3. The van der Waals surface area contributed by atoms with E-state index in [4.69, 9.17) is 29.4 Å². The number of halogens is 5. The van der Waals surface area contributed by atoms with Crippen molar-refractivity contribution in [2.45, 2.75) is 63.9 Å². The van der Waals surface area contributed by atoms with E-state index in [9.17, 15) is 13.2 Å². The molecule has 2 heterocycles. The maximum atomic E-state index is 15.0. The topological polar surface area (TPSA) is 126 Å². The van der Waals surface area contributed by atoms with Crippen molar-refractivity contribution in [3.05, 3.63) is 65.2 Å². The molecule has 5 rings (SSSR count). The van der Waals surface area contributed by atoms with E-state index in [1.165, 1.54) is 0 Å². The first-order chi connectivity index (χ1) is 20.5. The molecule has 0 bridgehead atoms. The lowest BCUT2D eigenvalue weighted by Crippen LogP contribution is -2.28. The maximum Gasteiger partial charge on any atom is 0.490 e. The molecule has 1 atom stereocenters. The van der Waals surface area contributed by atoms with Gasteiger partial charge in [0.05, 0.1) is 23.3 Å². The van der Waals surface area contributed by atoms with Gasteiger partial charge in [-0.1, -0.05) is 25.7 Å². The fraction of sp³-hybridized carbons (Fsp3) is 0.379. The van der Waals surface area contributed by atoms with E-state index in [1.807, 2.05) is 18.2 Å². The van der Waals surface area contributed by atoms with Crippen LogP contribution in [0.1, 0.15) is 28.6 Å². The van der Waals surface area contributed by atoms with Gasteiger partial charge in [0.2, 0.25) is 0 Å². The lowest BCUT2D eigenvalue weighted by atomic mass is 10.0. The number of aryl methyl sites for hydroxylation is 1. The second-order valence-corrected chi connectivity index (χ2v) is 17.1. The number of aliphatic carboxylic acids is 1. The molecule has 0 aliphatic heterocycles. The molecule has 1 aliphatic carbocycles. The summed E-state index contributed by atoms with van der Waals surface area (Å²) in [6.45, 7) is 9.58. The summed E-state index contributed by atoms with van der Waals surface area (Å²) in [6.07, 6.45) is -3.88. The number of nitrogens with zero attached hydrogens (tertiary/aromatic N) is 4. The van der Waals surface area contributed by atoms with E-state index in [2.05, 4.69) is 29.9 Å². The second-order valence-electron chi connectivity index (χ2n) is 11.5. The monoisotopic (exact) mass is 635 g/mol. The minimum absolute atomic E-state index is 0.274. The quantitative estimate of drug-likeness (QED) is 0.119. The standard InChI is InChI=1S/C27H29F2N5O2Si.C2HF3O2/c1-17-31-15-24(36-17)25-22-12-20(6-8-23(22)34(33-25)16-35-9-10-37(2,3)4)32-26-21-7-5-18(14-30)11-19(21)13-27(26,28)29;3-2(4,5)1(6)7/h5-8,11-12,15,26,32H,9-10,13,16H2,1-4H3;(H,6,7). The summed E-state index contributed by atoms with van der Waals surface area (Å²) in [5.41, 5.74) is 3.28. The predicted octanol–water partition coefficient (Wildman–Crippen LogP) is 7.16. The third-order valence-corrected chi connectivity index (χ3v) is 8.50. The van der Waals surface area contributed by atoms with Gasteiger partial charge in [0.1, 0.15) is 18.5 Å². The lowest BCUT2D eigenvalue weighted by molar-refractivity contribution is -0.192. The van der Waals surface area contributed by atoms with Gasteiger partial charge in [0.15, 0.2) is 11.7 Å². The molecule has 15 heteroatoms. The third kappa shape index (κ3) is 7.61. The highest BCUT2D eigenvalue weighted by molar-refractivity contribution is 6.76. The van der Waals surface area contributed by atoms with Crippen LogP contribution in [0.3, 0.4) is 0 Å². The minimum atomic E-state index is -5.08. The number of alkyl halides is 5. The molecule has 0 fully saturated rings. The van der Waals surface area contributed by atoms with Gasteiger partial charge in [-0.2, -0.15) is 23.5 Å². The Morgan fingerprint density at radius 3 is 2.55 bits per heavy atom. The first-order valence-electron chi connectivity index (χ1n) is 13.5. The van der Waals surface area contributed by atoms with Crippen LogP contribution in [-0.2, 0) is 22.7 Å². The van der Waals surface area contributed by atoms with Crippen LogP contribution in [0.25, 0.3) is 22.4 Å². The number of carboxylic acid groups (broad SMARTS) is 1. The van der Waals surface area contributed by atoms with Crippen LogP contribution in [-0.4, -0.2) is 52.6 Å². The molecular weight excluding hydrogens is 605 g/mol. The first kappa shape index (κ1) is 32.6. The molecule has 2 N–H and O–H groups in total. The predicted molar refractivity (Wildman–Crippen MR) is 154 cm³/mol. The molecular formula is C29H30F5N5O4Si. The SMILES string of the molecule is Cc1ncc(-c2nn(COCC[Si](C)(C)C)c3ccc(NC4c5ccc(C#N)cc5CC4(F)F)cc23)o1.O=C(O)C(F)(F)F. The Balaban J connectivity index is 0.000000566. The molecule has 234 valence electrons. The van der Waals surface area contributed by atoms with Crippen LogP contribution in [0.2, 0.25) is 25.7 Å². The molecule has 0 saturated heterocycles. The van der Waals surface area contributed by atoms with Crippen LogP contribution >= 0.6 is 0 Å². The van der Waals surface area contributed by atoms with Gasteiger partial charge in [-0.25, -0.2) is 23.2 Å². The van der Waals surface area contributed by atoms with Gasteiger partial charge in [-0.3, -0.25) is 0 Å². The average Bonchev–Trinajstić information content (AvgIpc) is 3.58. The summed E-state index contributed by atoms with van der Waals surface area (Å²) >= 11 is 0. The summed E-state index contributed by atoms with van der Waals surface area (Å²) in [5, 5.41) is 24.8. The van der Waals surface area contributed by atoms with Crippen molar-refractivity contribution in [2.75, 3.05) is 11.9 Å². The fourth-order valence-electron chi connectivity index (χ4n) is 4.59. The number of nitrogens with one attached hydrogen (secondary N) is 1. The van der Waals surface area contributed by atoms with Crippen LogP contribution in [0.4, 0.5) is 27.6 Å². The number of oxazole rings is 1. The lowest BCUT2D eigenvalue weighted by Gasteiger charge is -2.22. The Morgan fingerprint density at radius 1 is 1.25 bits per heavy atom. The van der Waals surface area contributed by atoms with Crippen LogP contribution < -0.4 is 5.32 Å². The molecule has 44 heavy (non-hydrogen) atoms. The maximum absolute atomic E-state index is 15.0. The van der Waals surface area contributed by atoms with E-state index < -0.39 is 38.6 Å². The van der Waals surface area contributed by atoms with Crippen LogP contribution in [0.5, 0.6) is 0 Å².